The number of carboxylic acid groups (broad SMARTS) is 1. The molecule has 1 rings (SSSR count). The molecule has 1 aromatic carbocycles. The van der Waals surface area contributed by atoms with Gasteiger partial charge in [-0.1, -0.05) is 18.2 Å². The van der Waals surface area contributed by atoms with Crippen LogP contribution in [0.15, 0.2) is 24.3 Å². The van der Waals surface area contributed by atoms with E-state index in [1.807, 2.05) is 31.2 Å². The van der Waals surface area contributed by atoms with Gasteiger partial charge in [-0.2, -0.15) is 0 Å². The van der Waals surface area contributed by atoms with Crippen LogP contribution in [-0.4, -0.2) is 29.6 Å². The Labute approximate surface area is 118 Å². The van der Waals surface area contributed by atoms with E-state index in [1.54, 1.807) is 13.8 Å². The second kappa shape index (κ2) is 7.53. The molecule has 0 aromatic heterocycles. The maximum atomic E-state index is 11.7. The molecule has 2 atom stereocenters. The Morgan fingerprint density at radius 2 is 1.95 bits per heavy atom. The number of benzene rings is 1. The van der Waals surface area contributed by atoms with Crippen molar-refractivity contribution in [3.8, 4) is 5.75 Å². The van der Waals surface area contributed by atoms with Crippen LogP contribution < -0.4 is 10.1 Å². The van der Waals surface area contributed by atoms with E-state index < -0.39 is 17.9 Å². The number of hydrogen-bond acceptors (Lipinski definition) is 3. The van der Waals surface area contributed by atoms with Gasteiger partial charge in [0, 0.05) is 6.04 Å². The SMILES string of the molecule is Cc1ccccc1OCCC(=O)NC(C)C(C)C(=O)O. The van der Waals surface area contributed by atoms with Gasteiger partial charge in [-0.05, 0) is 32.4 Å². The number of carbonyl (C=O) groups is 2. The fraction of sp³-hybridized carbons (Fsp3) is 0.467. The number of carbonyl (C=O) groups excluding carboxylic acids is 1. The van der Waals surface area contributed by atoms with Crippen LogP contribution in [0.1, 0.15) is 25.8 Å². The minimum Gasteiger partial charge on any atom is -0.493 e. The zero-order valence-electron chi connectivity index (χ0n) is 12.1. The lowest BCUT2D eigenvalue weighted by atomic mass is 10.0. The van der Waals surface area contributed by atoms with Gasteiger partial charge in [-0.3, -0.25) is 9.59 Å². The first-order chi connectivity index (χ1) is 9.41. The van der Waals surface area contributed by atoms with Gasteiger partial charge in [0.25, 0.3) is 0 Å². The lowest BCUT2D eigenvalue weighted by Crippen LogP contribution is -2.40. The number of aliphatic carboxylic acids is 1. The van der Waals surface area contributed by atoms with Gasteiger partial charge in [0.05, 0.1) is 18.9 Å². The van der Waals surface area contributed by atoms with Crippen LogP contribution in [0.4, 0.5) is 0 Å². The summed E-state index contributed by atoms with van der Waals surface area (Å²) in [6.07, 6.45) is 0.199. The van der Waals surface area contributed by atoms with Crippen molar-refractivity contribution in [1.82, 2.24) is 5.32 Å². The van der Waals surface area contributed by atoms with Crippen LogP contribution in [0.2, 0.25) is 0 Å². The summed E-state index contributed by atoms with van der Waals surface area (Å²) in [5.41, 5.74) is 1.01. The molecule has 1 amide bonds. The molecule has 0 radical (unpaired) electrons. The number of nitrogens with one attached hydrogen (secondary N) is 1. The number of aryl methyl sites for hydroxylation is 1. The van der Waals surface area contributed by atoms with Crippen molar-refractivity contribution in [2.75, 3.05) is 6.61 Å². The topological polar surface area (TPSA) is 75.6 Å². The zero-order chi connectivity index (χ0) is 15.1. The first-order valence-corrected chi connectivity index (χ1v) is 6.62. The summed E-state index contributed by atoms with van der Waals surface area (Å²) in [5.74, 6) is -0.989. The average molecular weight is 279 g/mol. The number of amides is 1. The number of hydrogen-bond donors (Lipinski definition) is 2. The predicted molar refractivity (Wildman–Crippen MR) is 75.7 cm³/mol. The van der Waals surface area contributed by atoms with Crippen molar-refractivity contribution in [3.63, 3.8) is 0 Å². The maximum Gasteiger partial charge on any atom is 0.308 e. The normalized spacial score (nSPS) is 13.3. The summed E-state index contributed by atoms with van der Waals surface area (Å²) in [5, 5.41) is 11.5. The molecular formula is C15H21NO4. The molecule has 5 nitrogen and oxygen atoms in total. The predicted octanol–water partition coefficient (Wildman–Crippen LogP) is 1.99. The van der Waals surface area contributed by atoms with Gasteiger partial charge in [0.15, 0.2) is 0 Å². The van der Waals surface area contributed by atoms with E-state index in [0.29, 0.717) is 0 Å². The summed E-state index contributed by atoms with van der Waals surface area (Å²) in [6.45, 7) is 5.45. The first kappa shape index (κ1) is 16.0. The molecule has 110 valence electrons. The van der Waals surface area contributed by atoms with Crippen molar-refractivity contribution >= 4 is 11.9 Å². The lowest BCUT2D eigenvalue weighted by molar-refractivity contribution is -0.142. The Morgan fingerprint density at radius 3 is 2.55 bits per heavy atom. The fourth-order valence-electron chi connectivity index (χ4n) is 1.64. The van der Waals surface area contributed by atoms with Crippen LogP contribution in [0.5, 0.6) is 5.75 Å². The van der Waals surface area contributed by atoms with Crippen molar-refractivity contribution in [2.24, 2.45) is 5.92 Å². The Balaban J connectivity index is 2.34. The highest BCUT2D eigenvalue weighted by Crippen LogP contribution is 2.16. The largest absolute Gasteiger partial charge is 0.493 e. The Hall–Kier alpha value is -2.04. The Kier molecular flexibility index (Phi) is 6.03. The van der Waals surface area contributed by atoms with E-state index in [2.05, 4.69) is 5.32 Å². The molecular weight excluding hydrogens is 258 g/mol. The molecule has 0 spiro atoms. The summed E-state index contributed by atoms with van der Waals surface area (Å²) in [6, 6.07) is 7.18. The standard InChI is InChI=1S/C15H21NO4/c1-10-6-4-5-7-13(10)20-9-8-14(17)16-12(3)11(2)15(18)19/h4-7,11-12H,8-9H2,1-3H3,(H,16,17)(H,18,19). The zero-order valence-corrected chi connectivity index (χ0v) is 12.1. The van der Waals surface area contributed by atoms with E-state index in [-0.39, 0.29) is 18.9 Å². The van der Waals surface area contributed by atoms with Gasteiger partial charge in [0.2, 0.25) is 5.91 Å². The third kappa shape index (κ3) is 4.91. The fourth-order valence-corrected chi connectivity index (χ4v) is 1.64. The molecule has 0 aliphatic carbocycles. The summed E-state index contributed by atoms with van der Waals surface area (Å²) >= 11 is 0. The van der Waals surface area contributed by atoms with Crippen LogP contribution in [0.25, 0.3) is 0 Å². The summed E-state index contributed by atoms with van der Waals surface area (Å²) in [7, 11) is 0. The van der Waals surface area contributed by atoms with Crippen molar-refractivity contribution in [2.45, 2.75) is 33.2 Å². The smallest absolute Gasteiger partial charge is 0.308 e. The van der Waals surface area contributed by atoms with Gasteiger partial charge in [0.1, 0.15) is 5.75 Å². The molecule has 0 saturated carbocycles. The molecule has 0 heterocycles. The summed E-state index contributed by atoms with van der Waals surface area (Å²) in [4.78, 5) is 22.5. The third-order valence-electron chi connectivity index (χ3n) is 3.21. The molecule has 20 heavy (non-hydrogen) atoms. The number of carboxylic acids is 1. The van der Waals surface area contributed by atoms with E-state index in [4.69, 9.17) is 9.84 Å². The van der Waals surface area contributed by atoms with Crippen LogP contribution >= 0.6 is 0 Å². The molecule has 2 N–H and O–H groups in total. The monoisotopic (exact) mass is 279 g/mol. The molecule has 1 aromatic rings. The number of para-hydroxylation sites is 1. The highest BCUT2D eigenvalue weighted by Gasteiger charge is 2.20. The van der Waals surface area contributed by atoms with Crippen LogP contribution in [-0.2, 0) is 9.59 Å². The average Bonchev–Trinajstić information content (AvgIpc) is 2.39. The molecule has 2 unspecified atom stereocenters. The van der Waals surface area contributed by atoms with Crippen molar-refractivity contribution in [1.29, 1.82) is 0 Å². The number of rotatable bonds is 7. The Bertz CT molecular complexity index is 473. The Morgan fingerprint density at radius 1 is 1.30 bits per heavy atom. The van der Waals surface area contributed by atoms with E-state index in [0.717, 1.165) is 11.3 Å². The molecule has 0 aliphatic rings. The molecule has 0 fully saturated rings. The van der Waals surface area contributed by atoms with Gasteiger partial charge in [-0.25, -0.2) is 0 Å². The van der Waals surface area contributed by atoms with Gasteiger partial charge in [-0.15, -0.1) is 0 Å². The van der Waals surface area contributed by atoms with E-state index >= 15 is 0 Å². The van der Waals surface area contributed by atoms with Gasteiger partial charge >= 0.3 is 5.97 Å². The van der Waals surface area contributed by atoms with Crippen LogP contribution in [0, 0.1) is 12.8 Å². The second-order valence-electron chi connectivity index (χ2n) is 4.85. The molecule has 5 heteroatoms. The van der Waals surface area contributed by atoms with Crippen molar-refractivity contribution < 1.29 is 19.4 Å². The lowest BCUT2D eigenvalue weighted by Gasteiger charge is -2.17. The highest BCUT2D eigenvalue weighted by molar-refractivity contribution is 5.78. The molecule has 0 saturated heterocycles. The maximum absolute atomic E-state index is 11.7. The highest BCUT2D eigenvalue weighted by atomic mass is 16.5. The molecule has 0 bridgehead atoms. The van der Waals surface area contributed by atoms with Crippen LogP contribution in [0.3, 0.4) is 0 Å². The first-order valence-electron chi connectivity index (χ1n) is 6.62. The summed E-state index contributed by atoms with van der Waals surface area (Å²) < 4.78 is 5.52. The van der Waals surface area contributed by atoms with Gasteiger partial charge < -0.3 is 15.2 Å². The molecule has 0 aliphatic heterocycles. The minimum absolute atomic E-state index is 0.199. The quantitative estimate of drug-likeness (QED) is 0.800. The minimum atomic E-state index is -0.922. The van der Waals surface area contributed by atoms with Crippen molar-refractivity contribution in [3.05, 3.63) is 29.8 Å². The van der Waals surface area contributed by atoms with E-state index in [9.17, 15) is 9.59 Å². The number of ether oxygens (including phenoxy) is 1. The second-order valence-corrected chi connectivity index (χ2v) is 4.85. The van der Waals surface area contributed by atoms with E-state index in [1.165, 1.54) is 0 Å². The third-order valence-corrected chi connectivity index (χ3v) is 3.21.